The molecule has 0 bridgehead atoms. The summed E-state index contributed by atoms with van der Waals surface area (Å²) in [4.78, 5) is 12.1. The van der Waals surface area contributed by atoms with Crippen molar-refractivity contribution >= 4 is 25.7 Å². The zero-order valence-electron chi connectivity index (χ0n) is 17.9. The van der Waals surface area contributed by atoms with Crippen molar-refractivity contribution in [3.05, 3.63) is 0 Å². The maximum Gasteiger partial charge on any atom is 1.00 e. The molecular weight excluding hydrogens is 419 g/mol. The van der Waals surface area contributed by atoms with Crippen molar-refractivity contribution in [3.63, 3.8) is 0 Å². The SMILES string of the molecule is C[C@]12CCC3C(CC[C@@H]4CC(=O)C(O)C[C@]34C)C1CC[C@@H]2CCSS(=O)(=O)[O-].[Na+]. The summed E-state index contributed by atoms with van der Waals surface area (Å²) in [5.41, 5.74) is 0.308. The van der Waals surface area contributed by atoms with Gasteiger partial charge in [-0.2, -0.15) is 0 Å². The molecule has 0 aromatic carbocycles. The van der Waals surface area contributed by atoms with Crippen LogP contribution in [-0.4, -0.2) is 35.7 Å². The number of hydrogen-bond acceptors (Lipinski definition) is 6. The minimum atomic E-state index is -4.20. The Kier molecular flexibility index (Phi) is 7.34. The molecule has 8 atom stereocenters. The predicted molar refractivity (Wildman–Crippen MR) is 108 cm³/mol. The first-order valence-corrected chi connectivity index (χ1v) is 13.8. The van der Waals surface area contributed by atoms with Crippen LogP contribution in [0.3, 0.4) is 0 Å². The van der Waals surface area contributed by atoms with Crippen LogP contribution in [0.4, 0.5) is 0 Å². The second-order valence-electron chi connectivity index (χ2n) is 10.4. The van der Waals surface area contributed by atoms with Gasteiger partial charge in [0.2, 0.25) is 0 Å². The third kappa shape index (κ3) is 4.40. The maximum atomic E-state index is 12.1. The molecule has 4 unspecified atom stereocenters. The van der Waals surface area contributed by atoms with Crippen LogP contribution in [0.5, 0.6) is 0 Å². The van der Waals surface area contributed by atoms with E-state index in [0.717, 1.165) is 32.1 Å². The Morgan fingerprint density at radius 2 is 1.79 bits per heavy atom. The number of ketones is 1. The van der Waals surface area contributed by atoms with Gasteiger partial charge in [0.15, 0.2) is 5.78 Å². The van der Waals surface area contributed by atoms with Crippen LogP contribution in [0.15, 0.2) is 0 Å². The molecule has 0 spiro atoms. The molecule has 0 aromatic rings. The number of aliphatic hydroxyl groups is 1. The van der Waals surface area contributed by atoms with Crippen LogP contribution in [0.1, 0.15) is 71.6 Å². The van der Waals surface area contributed by atoms with Gasteiger partial charge in [0.1, 0.15) is 15.3 Å². The molecule has 0 aliphatic heterocycles. The number of fused-ring (bicyclic) bond motifs is 5. The van der Waals surface area contributed by atoms with E-state index < -0.39 is 15.3 Å². The van der Waals surface area contributed by atoms with Gasteiger partial charge in [0, 0.05) is 12.2 Å². The van der Waals surface area contributed by atoms with Crippen LogP contribution in [0.2, 0.25) is 0 Å². The molecule has 0 radical (unpaired) electrons. The van der Waals surface area contributed by atoms with Gasteiger partial charge in [0.05, 0.1) is 0 Å². The van der Waals surface area contributed by atoms with E-state index in [1.165, 1.54) is 12.8 Å². The van der Waals surface area contributed by atoms with Crippen molar-refractivity contribution in [1.29, 1.82) is 0 Å². The van der Waals surface area contributed by atoms with Gasteiger partial charge in [0.25, 0.3) is 0 Å². The first-order chi connectivity index (χ1) is 13.0. The quantitative estimate of drug-likeness (QED) is 0.385. The summed E-state index contributed by atoms with van der Waals surface area (Å²) in [6, 6.07) is 0. The van der Waals surface area contributed by atoms with E-state index in [-0.39, 0.29) is 46.2 Å². The third-order valence-electron chi connectivity index (χ3n) is 9.41. The van der Waals surface area contributed by atoms with Crippen LogP contribution < -0.4 is 29.6 Å². The Labute approximate surface area is 201 Å². The second-order valence-corrected chi connectivity index (χ2v) is 13.8. The molecule has 4 aliphatic rings. The molecule has 1 N–H and O–H groups in total. The van der Waals surface area contributed by atoms with E-state index >= 15 is 0 Å². The Balaban J connectivity index is 0.00000240. The normalized spacial score (nSPS) is 47.0. The Bertz CT molecular complexity index is 743. The molecule has 4 aliphatic carbocycles. The van der Waals surface area contributed by atoms with E-state index in [2.05, 4.69) is 13.8 Å². The predicted octanol–water partition coefficient (Wildman–Crippen LogP) is 0.773. The van der Waals surface area contributed by atoms with E-state index in [4.69, 9.17) is 0 Å². The molecular formula is C21H33NaO5S2. The molecule has 8 heteroatoms. The first-order valence-electron chi connectivity index (χ1n) is 10.9. The number of aliphatic hydroxyl groups excluding tert-OH is 1. The molecule has 0 amide bonds. The fourth-order valence-corrected chi connectivity index (χ4v) is 9.46. The first kappa shape index (κ1) is 24.5. The Morgan fingerprint density at radius 1 is 1.10 bits per heavy atom. The smallest absolute Gasteiger partial charge is 0.739 e. The van der Waals surface area contributed by atoms with Crippen molar-refractivity contribution in [3.8, 4) is 0 Å². The fraction of sp³-hybridized carbons (Fsp3) is 0.952. The zero-order valence-corrected chi connectivity index (χ0v) is 21.6. The van der Waals surface area contributed by atoms with Crippen LogP contribution in [-0.2, 0) is 13.9 Å². The molecule has 160 valence electrons. The van der Waals surface area contributed by atoms with Gasteiger partial charge in [-0.1, -0.05) is 13.8 Å². The average molecular weight is 453 g/mol. The van der Waals surface area contributed by atoms with Crippen molar-refractivity contribution in [2.24, 2.45) is 40.4 Å². The van der Waals surface area contributed by atoms with Gasteiger partial charge in [-0.15, -0.1) is 0 Å². The number of carbonyl (C=O) groups excluding carboxylic acids is 1. The van der Waals surface area contributed by atoms with E-state index in [9.17, 15) is 22.9 Å². The van der Waals surface area contributed by atoms with Crippen molar-refractivity contribution in [2.45, 2.75) is 77.7 Å². The fourth-order valence-electron chi connectivity index (χ4n) is 7.97. The number of carbonyl (C=O) groups is 1. The summed E-state index contributed by atoms with van der Waals surface area (Å²) in [6.45, 7) is 4.73. The minimum Gasteiger partial charge on any atom is -0.739 e. The minimum absolute atomic E-state index is 0. The summed E-state index contributed by atoms with van der Waals surface area (Å²) in [7, 11) is -3.65. The summed E-state index contributed by atoms with van der Waals surface area (Å²) in [5, 5.41) is 10.3. The standard InChI is InChI=1S/C21H34O5S2.Na/c1-20-9-7-17-15(5-3-14-11-18(22)19(23)12-21(14,17)2)16(20)6-4-13(20)8-10-27-28(24,25)26;/h13-17,19,23H,3-12H2,1-2H3,(H,24,25,26);/q;+1/p-1/t13-,14-,15?,16?,17?,19?,20-,21+;/m1./s1. The summed E-state index contributed by atoms with van der Waals surface area (Å²) >= 11 is 0. The summed E-state index contributed by atoms with van der Waals surface area (Å²) < 4.78 is 32.8. The number of Topliss-reactive ketones (excluding diaryl/α,β-unsaturated/α-hetero) is 1. The van der Waals surface area contributed by atoms with Crippen molar-refractivity contribution in [1.82, 2.24) is 0 Å². The molecule has 5 nitrogen and oxygen atoms in total. The van der Waals surface area contributed by atoms with Crippen molar-refractivity contribution in [2.75, 3.05) is 5.75 Å². The van der Waals surface area contributed by atoms with Crippen molar-refractivity contribution < 1.29 is 52.4 Å². The summed E-state index contributed by atoms with van der Waals surface area (Å²) in [6.07, 6.45) is 8.10. The molecule has 4 saturated carbocycles. The molecule has 29 heavy (non-hydrogen) atoms. The monoisotopic (exact) mass is 452 g/mol. The molecule has 0 aromatic heterocycles. The number of hydrogen-bond donors (Lipinski definition) is 1. The third-order valence-corrected chi connectivity index (χ3v) is 11.5. The second kappa shape index (κ2) is 8.68. The van der Waals surface area contributed by atoms with E-state index in [1.54, 1.807) is 0 Å². The summed E-state index contributed by atoms with van der Waals surface area (Å²) in [5.74, 6) is 3.25. The largest absolute Gasteiger partial charge is 1.00 e. The number of rotatable bonds is 4. The molecule has 0 saturated heterocycles. The van der Waals surface area contributed by atoms with Crippen LogP contribution in [0, 0.1) is 40.4 Å². The topological polar surface area (TPSA) is 94.5 Å². The molecule has 0 heterocycles. The van der Waals surface area contributed by atoms with Gasteiger partial charge in [-0.25, -0.2) is 8.42 Å². The zero-order chi connectivity index (χ0) is 20.3. The van der Waals surface area contributed by atoms with Crippen LogP contribution >= 0.6 is 10.8 Å². The van der Waals surface area contributed by atoms with Gasteiger partial charge in [-0.05, 0) is 103 Å². The van der Waals surface area contributed by atoms with Crippen LogP contribution in [0.25, 0.3) is 0 Å². The molecule has 4 rings (SSSR count). The van der Waals surface area contributed by atoms with E-state index in [1.807, 2.05) is 0 Å². The Morgan fingerprint density at radius 3 is 2.48 bits per heavy atom. The average Bonchev–Trinajstić information content (AvgIpc) is 2.92. The molecule has 4 fully saturated rings. The van der Waals surface area contributed by atoms with Gasteiger partial charge < -0.3 is 9.66 Å². The Hall–Kier alpha value is 0.890. The van der Waals surface area contributed by atoms with Gasteiger partial charge >= 0.3 is 29.6 Å². The van der Waals surface area contributed by atoms with E-state index in [0.29, 0.717) is 59.0 Å². The van der Waals surface area contributed by atoms with Gasteiger partial charge in [-0.3, -0.25) is 4.79 Å². The maximum absolute atomic E-state index is 12.1.